The molecule has 0 saturated heterocycles. The lowest BCUT2D eigenvalue weighted by atomic mass is 9.94. The summed E-state index contributed by atoms with van der Waals surface area (Å²) in [5.74, 6) is 0. The molecule has 1 N–H and O–H groups in total. The van der Waals surface area contributed by atoms with Crippen LogP contribution in [0.15, 0.2) is 12.1 Å². The Labute approximate surface area is 115 Å². The maximum absolute atomic E-state index is 3.22. The quantitative estimate of drug-likeness (QED) is 0.846. The van der Waals surface area contributed by atoms with Gasteiger partial charge in [0.1, 0.15) is 0 Å². The van der Waals surface area contributed by atoms with Gasteiger partial charge in [0.05, 0.1) is 0 Å². The number of hydrogen-bond acceptors (Lipinski definition) is 3. The van der Waals surface area contributed by atoms with Crippen molar-refractivity contribution in [2.24, 2.45) is 0 Å². The summed E-state index contributed by atoms with van der Waals surface area (Å²) >= 11 is 1.96. The molecule has 1 heterocycles. The summed E-state index contributed by atoms with van der Waals surface area (Å²) in [6.07, 6.45) is 7.11. The van der Waals surface area contributed by atoms with Crippen LogP contribution in [-0.4, -0.2) is 24.5 Å². The minimum Gasteiger partial charge on any atom is -0.315 e. The molecule has 2 nitrogen and oxygen atoms in total. The lowest BCUT2D eigenvalue weighted by Gasteiger charge is -2.33. The molecule has 18 heavy (non-hydrogen) atoms. The summed E-state index contributed by atoms with van der Waals surface area (Å²) in [6, 6.07) is 5.41. The van der Waals surface area contributed by atoms with Crippen LogP contribution in [0.4, 0.5) is 0 Å². The molecule has 1 saturated carbocycles. The Morgan fingerprint density at radius 3 is 2.61 bits per heavy atom. The highest BCUT2D eigenvalue weighted by Gasteiger charge is 2.20. The van der Waals surface area contributed by atoms with E-state index in [9.17, 15) is 0 Å². The molecule has 102 valence electrons. The molecule has 0 atom stereocenters. The van der Waals surface area contributed by atoms with Crippen molar-refractivity contribution >= 4 is 11.3 Å². The smallest absolute Gasteiger partial charge is 0.0330 e. The fourth-order valence-electron chi connectivity index (χ4n) is 2.92. The van der Waals surface area contributed by atoms with Gasteiger partial charge in [0.2, 0.25) is 0 Å². The Balaban J connectivity index is 1.91. The molecule has 0 radical (unpaired) electrons. The lowest BCUT2D eigenvalue weighted by Crippen LogP contribution is -2.35. The summed E-state index contributed by atoms with van der Waals surface area (Å²) < 4.78 is 0. The van der Waals surface area contributed by atoms with Crippen molar-refractivity contribution in [2.75, 3.05) is 13.6 Å². The third-order valence-electron chi connectivity index (χ3n) is 3.92. The Hall–Kier alpha value is -0.380. The normalized spacial score (nSPS) is 17.5. The summed E-state index contributed by atoms with van der Waals surface area (Å²) in [5, 5.41) is 3.22. The van der Waals surface area contributed by atoms with Crippen LogP contribution >= 0.6 is 11.3 Å². The van der Waals surface area contributed by atoms with Crippen LogP contribution in [-0.2, 0) is 13.1 Å². The molecule has 1 fully saturated rings. The fourth-order valence-corrected chi connectivity index (χ4v) is 3.98. The Bertz CT molecular complexity index is 342. The van der Waals surface area contributed by atoms with Crippen molar-refractivity contribution < 1.29 is 0 Å². The average Bonchev–Trinajstić information content (AvgIpc) is 2.85. The average molecular weight is 266 g/mol. The minimum atomic E-state index is 0.832. The van der Waals surface area contributed by atoms with E-state index >= 15 is 0 Å². The molecule has 0 spiro atoms. The number of nitrogens with one attached hydrogen (secondary N) is 1. The van der Waals surface area contributed by atoms with E-state index < -0.39 is 0 Å². The number of nitrogens with zero attached hydrogens (tertiary/aromatic N) is 1. The van der Waals surface area contributed by atoms with Crippen molar-refractivity contribution in [3.8, 4) is 0 Å². The van der Waals surface area contributed by atoms with Gasteiger partial charge in [-0.3, -0.25) is 4.90 Å². The van der Waals surface area contributed by atoms with Crippen LogP contribution < -0.4 is 5.32 Å². The lowest BCUT2D eigenvalue weighted by molar-refractivity contribution is 0.157. The predicted molar refractivity (Wildman–Crippen MR) is 80.0 cm³/mol. The maximum atomic E-state index is 3.22. The monoisotopic (exact) mass is 266 g/mol. The number of rotatable bonds is 6. The molecule has 0 bridgehead atoms. The van der Waals surface area contributed by atoms with Crippen molar-refractivity contribution in [1.29, 1.82) is 0 Å². The molecule has 1 aromatic rings. The predicted octanol–water partition coefficient (Wildman–Crippen LogP) is 3.62. The molecular weight excluding hydrogens is 240 g/mol. The molecule has 3 heteroatoms. The first-order chi connectivity index (χ1) is 8.83. The third-order valence-corrected chi connectivity index (χ3v) is 4.99. The summed E-state index contributed by atoms with van der Waals surface area (Å²) in [7, 11) is 2.01. The van der Waals surface area contributed by atoms with E-state index in [4.69, 9.17) is 0 Å². The minimum absolute atomic E-state index is 0.832. The Kier molecular flexibility index (Phi) is 5.67. The molecule has 1 aliphatic rings. The first-order valence-corrected chi connectivity index (χ1v) is 8.11. The summed E-state index contributed by atoms with van der Waals surface area (Å²) in [4.78, 5) is 5.65. The van der Waals surface area contributed by atoms with Crippen molar-refractivity contribution in [3.63, 3.8) is 0 Å². The summed E-state index contributed by atoms with van der Waals surface area (Å²) in [6.45, 7) is 5.64. The van der Waals surface area contributed by atoms with Gasteiger partial charge in [0.25, 0.3) is 0 Å². The second kappa shape index (κ2) is 7.27. The van der Waals surface area contributed by atoms with Crippen LogP contribution in [0, 0.1) is 0 Å². The summed E-state index contributed by atoms with van der Waals surface area (Å²) in [5.41, 5.74) is 0. The van der Waals surface area contributed by atoms with E-state index in [1.165, 1.54) is 48.4 Å². The van der Waals surface area contributed by atoms with Crippen molar-refractivity contribution in [3.05, 3.63) is 21.9 Å². The van der Waals surface area contributed by atoms with E-state index in [0.29, 0.717) is 0 Å². The largest absolute Gasteiger partial charge is 0.315 e. The molecule has 1 aromatic heterocycles. The van der Waals surface area contributed by atoms with Gasteiger partial charge in [0.15, 0.2) is 0 Å². The van der Waals surface area contributed by atoms with E-state index in [-0.39, 0.29) is 0 Å². The highest BCUT2D eigenvalue weighted by atomic mass is 32.1. The molecule has 0 amide bonds. The van der Waals surface area contributed by atoms with Crippen LogP contribution in [0.1, 0.15) is 48.8 Å². The second-order valence-corrected chi connectivity index (χ2v) is 6.51. The van der Waals surface area contributed by atoms with Crippen LogP contribution in [0.25, 0.3) is 0 Å². The van der Waals surface area contributed by atoms with Gasteiger partial charge < -0.3 is 5.32 Å². The Morgan fingerprint density at radius 2 is 1.94 bits per heavy atom. The van der Waals surface area contributed by atoms with Gasteiger partial charge in [0, 0.05) is 28.9 Å². The maximum Gasteiger partial charge on any atom is 0.0330 e. The van der Waals surface area contributed by atoms with E-state index in [1.807, 2.05) is 18.4 Å². The molecule has 2 rings (SSSR count). The zero-order valence-corrected chi connectivity index (χ0v) is 12.6. The van der Waals surface area contributed by atoms with Crippen molar-refractivity contribution in [1.82, 2.24) is 10.2 Å². The molecule has 0 unspecified atom stereocenters. The van der Waals surface area contributed by atoms with Gasteiger partial charge in [-0.05, 0) is 38.6 Å². The van der Waals surface area contributed by atoms with Crippen LogP contribution in [0.5, 0.6) is 0 Å². The van der Waals surface area contributed by atoms with Gasteiger partial charge in [-0.15, -0.1) is 11.3 Å². The molecule has 0 aliphatic heterocycles. The highest BCUT2D eigenvalue weighted by molar-refractivity contribution is 7.11. The number of hydrogen-bond donors (Lipinski definition) is 1. The topological polar surface area (TPSA) is 15.3 Å². The molecule has 0 aromatic carbocycles. The molecular formula is C15H26N2S. The standard InChI is InChI=1S/C15H26N2S/c1-3-17(13-7-5-4-6-8-13)12-15-10-9-14(18-15)11-16-2/h9-10,13,16H,3-8,11-12H2,1-2H3. The van der Waals surface area contributed by atoms with Gasteiger partial charge >= 0.3 is 0 Å². The fraction of sp³-hybridized carbons (Fsp3) is 0.733. The van der Waals surface area contributed by atoms with Gasteiger partial charge in [-0.25, -0.2) is 0 Å². The van der Waals surface area contributed by atoms with E-state index in [1.54, 1.807) is 0 Å². The molecule has 1 aliphatic carbocycles. The van der Waals surface area contributed by atoms with Gasteiger partial charge in [-0.2, -0.15) is 0 Å². The first kappa shape index (κ1) is 14.0. The van der Waals surface area contributed by atoms with E-state index in [2.05, 4.69) is 29.3 Å². The second-order valence-electron chi connectivity index (χ2n) is 5.25. The zero-order valence-electron chi connectivity index (χ0n) is 11.7. The third kappa shape index (κ3) is 3.81. The first-order valence-electron chi connectivity index (χ1n) is 7.29. The van der Waals surface area contributed by atoms with Crippen LogP contribution in [0.2, 0.25) is 0 Å². The SMILES string of the molecule is CCN(Cc1ccc(CNC)s1)C1CCCCC1. The van der Waals surface area contributed by atoms with Crippen LogP contribution in [0.3, 0.4) is 0 Å². The number of thiophene rings is 1. The van der Waals surface area contributed by atoms with Gasteiger partial charge in [-0.1, -0.05) is 26.2 Å². The van der Waals surface area contributed by atoms with Crippen molar-refractivity contribution in [2.45, 2.75) is 58.2 Å². The highest BCUT2D eigenvalue weighted by Crippen LogP contribution is 2.25. The van der Waals surface area contributed by atoms with E-state index in [0.717, 1.165) is 19.1 Å². The zero-order chi connectivity index (χ0) is 12.8. The Morgan fingerprint density at radius 1 is 1.22 bits per heavy atom.